The molecule has 0 amide bonds. The molecule has 0 spiro atoms. The third kappa shape index (κ3) is 2.56. The standard InChI is InChI=1S/C8H13N3O/c1-7-4-10-8(5-9-7)6-11(2)12-3/h4-5H,6H2,1-3H3. The van der Waals surface area contributed by atoms with Gasteiger partial charge in [0.25, 0.3) is 0 Å². The second-order valence-electron chi connectivity index (χ2n) is 2.62. The van der Waals surface area contributed by atoms with E-state index in [0.717, 1.165) is 11.4 Å². The minimum atomic E-state index is 0.657. The van der Waals surface area contributed by atoms with Crippen LogP contribution in [0.1, 0.15) is 11.4 Å². The van der Waals surface area contributed by atoms with Crippen LogP contribution < -0.4 is 0 Å². The second-order valence-corrected chi connectivity index (χ2v) is 2.62. The van der Waals surface area contributed by atoms with Crippen molar-refractivity contribution in [1.82, 2.24) is 15.0 Å². The SMILES string of the molecule is CON(C)Cc1cnc(C)cn1. The van der Waals surface area contributed by atoms with Crippen molar-refractivity contribution < 1.29 is 4.84 Å². The zero-order valence-electron chi connectivity index (χ0n) is 7.61. The topological polar surface area (TPSA) is 38.2 Å². The first-order chi connectivity index (χ1) is 5.72. The van der Waals surface area contributed by atoms with E-state index in [1.165, 1.54) is 0 Å². The summed E-state index contributed by atoms with van der Waals surface area (Å²) < 4.78 is 0. The van der Waals surface area contributed by atoms with Crippen LogP contribution >= 0.6 is 0 Å². The van der Waals surface area contributed by atoms with Gasteiger partial charge in [0.15, 0.2) is 0 Å². The van der Waals surface area contributed by atoms with Gasteiger partial charge in [-0.3, -0.25) is 9.97 Å². The Morgan fingerprint density at radius 2 is 2.17 bits per heavy atom. The molecule has 0 bridgehead atoms. The summed E-state index contributed by atoms with van der Waals surface area (Å²) in [7, 11) is 3.48. The van der Waals surface area contributed by atoms with Gasteiger partial charge in [0.2, 0.25) is 0 Å². The van der Waals surface area contributed by atoms with Crippen molar-refractivity contribution in [1.29, 1.82) is 0 Å². The number of hydroxylamine groups is 2. The summed E-state index contributed by atoms with van der Waals surface area (Å²) in [5, 5.41) is 1.69. The fourth-order valence-electron chi connectivity index (χ4n) is 0.794. The zero-order valence-corrected chi connectivity index (χ0v) is 7.61. The smallest absolute Gasteiger partial charge is 0.0751 e. The summed E-state index contributed by atoms with van der Waals surface area (Å²) in [4.78, 5) is 13.3. The normalized spacial score (nSPS) is 10.7. The molecule has 0 aliphatic rings. The first-order valence-corrected chi connectivity index (χ1v) is 3.75. The van der Waals surface area contributed by atoms with E-state index in [-0.39, 0.29) is 0 Å². The number of aromatic nitrogens is 2. The molecule has 1 aromatic rings. The van der Waals surface area contributed by atoms with Crippen LogP contribution in [0.3, 0.4) is 0 Å². The van der Waals surface area contributed by atoms with Gasteiger partial charge in [-0.1, -0.05) is 0 Å². The first kappa shape index (κ1) is 9.09. The highest BCUT2D eigenvalue weighted by Gasteiger charge is 1.99. The van der Waals surface area contributed by atoms with Crippen molar-refractivity contribution in [2.75, 3.05) is 14.2 Å². The van der Waals surface area contributed by atoms with Gasteiger partial charge in [-0.25, -0.2) is 0 Å². The summed E-state index contributed by atoms with van der Waals surface area (Å²) in [5.41, 5.74) is 1.84. The molecular weight excluding hydrogens is 154 g/mol. The molecule has 0 fully saturated rings. The molecular formula is C8H13N3O. The van der Waals surface area contributed by atoms with E-state index in [1.807, 2.05) is 14.0 Å². The number of rotatable bonds is 3. The fourth-order valence-corrected chi connectivity index (χ4v) is 0.794. The van der Waals surface area contributed by atoms with E-state index < -0.39 is 0 Å². The van der Waals surface area contributed by atoms with Crippen LogP contribution in [-0.4, -0.2) is 29.2 Å². The van der Waals surface area contributed by atoms with Gasteiger partial charge in [-0.15, -0.1) is 0 Å². The Morgan fingerprint density at radius 3 is 2.67 bits per heavy atom. The van der Waals surface area contributed by atoms with Crippen molar-refractivity contribution in [3.05, 3.63) is 23.8 Å². The maximum absolute atomic E-state index is 4.95. The zero-order chi connectivity index (χ0) is 8.97. The largest absolute Gasteiger partial charge is 0.302 e. The summed E-state index contributed by atoms with van der Waals surface area (Å²) in [5.74, 6) is 0. The van der Waals surface area contributed by atoms with Gasteiger partial charge < -0.3 is 4.84 Å². The molecule has 0 unspecified atom stereocenters. The molecule has 4 heteroatoms. The van der Waals surface area contributed by atoms with Crippen molar-refractivity contribution in [2.24, 2.45) is 0 Å². The van der Waals surface area contributed by atoms with E-state index in [4.69, 9.17) is 4.84 Å². The predicted molar refractivity (Wildman–Crippen MR) is 45.2 cm³/mol. The van der Waals surface area contributed by atoms with E-state index in [2.05, 4.69) is 9.97 Å². The summed E-state index contributed by atoms with van der Waals surface area (Å²) in [6, 6.07) is 0. The van der Waals surface area contributed by atoms with Gasteiger partial charge in [-0.05, 0) is 6.92 Å². The van der Waals surface area contributed by atoms with Crippen LogP contribution in [0.5, 0.6) is 0 Å². The molecule has 1 aromatic heterocycles. The number of nitrogens with zero attached hydrogens (tertiary/aromatic N) is 3. The molecule has 1 rings (SSSR count). The van der Waals surface area contributed by atoms with Gasteiger partial charge in [0.05, 0.1) is 31.2 Å². The molecule has 0 saturated heterocycles. The third-order valence-electron chi connectivity index (χ3n) is 1.53. The average Bonchev–Trinajstić information content (AvgIpc) is 2.09. The van der Waals surface area contributed by atoms with Gasteiger partial charge in [0, 0.05) is 13.2 Å². The Bertz CT molecular complexity index is 235. The lowest BCUT2D eigenvalue weighted by Crippen LogP contribution is -2.16. The highest BCUT2D eigenvalue weighted by Crippen LogP contribution is 1.97. The van der Waals surface area contributed by atoms with Crippen molar-refractivity contribution in [3.8, 4) is 0 Å². The maximum atomic E-state index is 4.95. The van der Waals surface area contributed by atoms with Crippen LogP contribution in [-0.2, 0) is 11.4 Å². The Balaban J connectivity index is 2.58. The summed E-state index contributed by atoms with van der Waals surface area (Å²) in [6.07, 6.45) is 3.50. The van der Waals surface area contributed by atoms with Gasteiger partial charge >= 0.3 is 0 Å². The highest BCUT2D eigenvalue weighted by atomic mass is 16.7. The van der Waals surface area contributed by atoms with Crippen LogP contribution in [0.25, 0.3) is 0 Å². The van der Waals surface area contributed by atoms with Crippen molar-refractivity contribution >= 4 is 0 Å². The lowest BCUT2D eigenvalue weighted by Gasteiger charge is -2.11. The lowest BCUT2D eigenvalue weighted by atomic mass is 10.4. The quantitative estimate of drug-likeness (QED) is 0.623. The summed E-state index contributed by atoms with van der Waals surface area (Å²) >= 11 is 0. The first-order valence-electron chi connectivity index (χ1n) is 3.75. The average molecular weight is 167 g/mol. The molecule has 0 saturated carbocycles. The Morgan fingerprint density at radius 1 is 1.42 bits per heavy atom. The van der Waals surface area contributed by atoms with Crippen molar-refractivity contribution in [3.63, 3.8) is 0 Å². The molecule has 0 aliphatic heterocycles. The minimum Gasteiger partial charge on any atom is -0.302 e. The fraction of sp³-hybridized carbons (Fsp3) is 0.500. The molecule has 0 radical (unpaired) electrons. The number of hydrogen-bond donors (Lipinski definition) is 0. The monoisotopic (exact) mass is 167 g/mol. The molecule has 0 aliphatic carbocycles. The van der Waals surface area contributed by atoms with Crippen molar-refractivity contribution in [2.45, 2.75) is 13.5 Å². The molecule has 0 N–H and O–H groups in total. The Kier molecular flexibility index (Phi) is 3.13. The van der Waals surface area contributed by atoms with Crippen LogP contribution in [0.2, 0.25) is 0 Å². The molecule has 12 heavy (non-hydrogen) atoms. The third-order valence-corrected chi connectivity index (χ3v) is 1.53. The highest BCUT2D eigenvalue weighted by molar-refractivity contribution is 4.99. The van der Waals surface area contributed by atoms with E-state index >= 15 is 0 Å². The molecule has 4 nitrogen and oxygen atoms in total. The maximum Gasteiger partial charge on any atom is 0.0751 e. The Hall–Kier alpha value is -1.00. The van der Waals surface area contributed by atoms with Gasteiger partial charge in [0.1, 0.15) is 0 Å². The van der Waals surface area contributed by atoms with Crippen LogP contribution in [0.15, 0.2) is 12.4 Å². The van der Waals surface area contributed by atoms with E-state index in [9.17, 15) is 0 Å². The van der Waals surface area contributed by atoms with Crippen LogP contribution in [0.4, 0.5) is 0 Å². The predicted octanol–water partition coefficient (Wildman–Crippen LogP) is 0.778. The molecule has 0 atom stereocenters. The molecule has 66 valence electrons. The molecule has 1 heterocycles. The molecule has 0 aromatic carbocycles. The van der Waals surface area contributed by atoms with Crippen LogP contribution in [0, 0.1) is 6.92 Å². The van der Waals surface area contributed by atoms with Gasteiger partial charge in [-0.2, -0.15) is 5.06 Å². The lowest BCUT2D eigenvalue weighted by molar-refractivity contribution is -0.117. The number of hydrogen-bond acceptors (Lipinski definition) is 4. The van der Waals surface area contributed by atoms with E-state index in [1.54, 1.807) is 24.6 Å². The minimum absolute atomic E-state index is 0.657. The number of aryl methyl sites for hydroxylation is 1. The van der Waals surface area contributed by atoms with E-state index in [0.29, 0.717) is 6.54 Å². The second kappa shape index (κ2) is 4.13. The Labute approximate surface area is 72.2 Å². The summed E-state index contributed by atoms with van der Waals surface area (Å²) in [6.45, 7) is 2.57.